The van der Waals surface area contributed by atoms with Gasteiger partial charge in [-0.2, -0.15) is 0 Å². The molecule has 0 atom stereocenters. The summed E-state index contributed by atoms with van der Waals surface area (Å²) < 4.78 is 8.36. The maximum Gasteiger partial charge on any atom is 0.251 e. The summed E-state index contributed by atoms with van der Waals surface area (Å²) in [7, 11) is 0. The van der Waals surface area contributed by atoms with Crippen molar-refractivity contribution in [3.63, 3.8) is 0 Å². The zero-order valence-corrected chi connectivity index (χ0v) is 21.9. The van der Waals surface area contributed by atoms with Crippen LogP contribution in [0.5, 0.6) is 5.75 Å². The smallest absolute Gasteiger partial charge is 0.251 e. The minimum absolute atomic E-state index is 0.0812. The highest BCUT2D eigenvalue weighted by Crippen LogP contribution is 2.20. The van der Waals surface area contributed by atoms with Gasteiger partial charge in [0.25, 0.3) is 5.91 Å². The number of para-hydroxylation sites is 2. The Balaban J connectivity index is 1.25. The summed E-state index contributed by atoms with van der Waals surface area (Å²) in [5.74, 6) is 1.97. The van der Waals surface area contributed by atoms with Gasteiger partial charge in [0.05, 0.1) is 17.6 Å². The fraction of sp³-hybridized carbons (Fsp3) is 0.333. The first kappa shape index (κ1) is 25.8. The lowest BCUT2D eigenvalue weighted by Gasteiger charge is -2.11. The second-order valence-corrected chi connectivity index (χ2v) is 9.71. The van der Waals surface area contributed by atoms with E-state index in [0.717, 1.165) is 55.7 Å². The summed E-state index contributed by atoms with van der Waals surface area (Å²) in [5.41, 5.74) is 5.25. The number of halogens is 1. The summed E-state index contributed by atoms with van der Waals surface area (Å²) >= 11 is 5.98. The molecule has 0 aliphatic heterocycles. The van der Waals surface area contributed by atoms with Gasteiger partial charge in [-0.1, -0.05) is 42.3 Å². The van der Waals surface area contributed by atoms with Gasteiger partial charge in [0.1, 0.15) is 11.6 Å². The van der Waals surface area contributed by atoms with E-state index >= 15 is 0 Å². The van der Waals surface area contributed by atoms with Crippen LogP contribution >= 0.6 is 11.6 Å². The number of imidazole rings is 1. The topological polar surface area (TPSA) is 56.1 Å². The molecule has 0 aliphatic carbocycles. The Labute approximate surface area is 218 Å². The Morgan fingerprint density at radius 2 is 1.75 bits per heavy atom. The van der Waals surface area contributed by atoms with Crippen LogP contribution in [0.15, 0.2) is 66.7 Å². The summed E-state index contributed by atoms with van der Waals surface area (Å²) in [6.45, 7) is 6.38. The average Bonchev–Trinajstić information content (AvgIpc) is 3.20. The van der Waals surface area contributed by atoms with Crippen molar-refractivity contribution in [2.24, 2.45) is 0 Å². The number of hydrogen-bond donors (Lipinski definition) is 1. The van der Waals surface area contributed by atoms with Gasteiger partial charge in [0, 0.05) is 30.1 Å². The molecule has 4 aromatic rings. The van der Waals surface area contributed by atoms with E-state index in [2.05, 4.69) is 60.1 Å². The van der Waals surface area contributed by atoms with E-state index < -0.39 is 0 Å². The van der Waals surface area contributed by atoms with Crippen LogP contribution in [0.4, 0.5) is 0 Å². The molecule has 1 amide bonds. The van der Waals surface area contributed by atoms with Crippen LogP contribution in [0.3, 0.4) is 0 Å². The van der Waals surface area contributed by atoms with Crippen LogP contribution in [-0.4, -0.2) is 28.6 Å². The number of hydrogen-bond acceptors (Lipinski definition) is 3. The molecular weight excluding hydrogens is 470 g/mol. The second-order valence-electron chi connectivity index (χ2n) is 9.27. The molecule has 0 unspecified atom stereocenters. The van der Waals surface area contributed by atoms with Gasteiger partial charge in [0.15, 0.2) is 0 Å². The quantitative estimate of drug-likeness (QED) is 0.213. The van der Waals surface area contributed by atoms with Crippen molar-refractivity contribution in [3.05, 3.63) is 94.3 Å². The molecule has 1 N–H and O–H groups in total. The molecule has 0 fully saturated rings. The van der Waals surface area contributed by atoms with E-state index in [0.29, 0.717) is 23.7 Å². The Hall–Kier alpha value is -3.31. The summed E-state index contributed by atoms with van der Waals surface area (Å²) in [5, 5.41) is 3.55. The second kappa shape index (κ2) is 12.6. The molecule has 6 heteroatoms. The Kier molecular flexibility index (Phi) is 9.01. The number of amides is 1. The van der Waals surface area contributed by atoms with Crippen molar-refractivity contribution in [1.29, 1.82) is 0 Å². The molecule has 1 heterocycles. The number of ether oxygens (including phenoxy) is 1. The zero-order chi connectivity index (χ0) is 25.3. The Bertz CT molecular complexity index is 1290. The number of aryl methyl sites for hydroxylation is 4. The van der Waals surface area contributed by atoms with E-state index in [1.54, 1.807) is 24.3 Å². The summed E-state index contributed by atoms with van der Waals surface area (Å²) in [6, 6.07) is 21.7. The van der Waals surface area contributed by atoms with Gasteiger partial charge < -0.3 is 14.6 Å². The molecule has 1 aromatic heterocycles. The van der Waals surface area contributed by atoms with Crippen LogP contribution in [0, 0.1) is 13.8 Å². The monoisotopic (exact) mass is 503 g/mol. The van der Waals surface area contributed by atoms with Crippen LogP contribution in [-0.2, 0) is 13.0 Å². The lowest BCUT2D eigenvalue weighted by Crippen LogP contribution is -2.24. The van der Waals surface area contributed by atoms with E-state index in [9.17, 15) is 4.79 Å². The highest BCUT2D eigenvalue weighted by molar-refractivity contribution is 6.30. The highest BCUT2D eigenvalue weighted by atomic mass is 35.5. The molecule has 0 saturated carbocycles. The fourth-order valence-electron chi connectivity index (χ4n) is 4.51. The van der Waals surface area contributed by atoms with Crippen molar-refractivity contribution in [3.8, 4) is 5.75 Å². The molecule has 0 saturated heterocycles. The number of rotatable bonds is 12. The predicted molar refractivity (Wildman–Crippen MR) is 147 cm³/mol. The van der Waals surface area contributed by atoms with Crippen molar-refractivity contribution in [1.82, 2.24) is 14.9 Å². The first-order chi connectivity index (χ1) is 17.5. The van der Waals surface area contributed by atoms with Crippen molar-refractivity contribution >= 4 is 28.5 Å². The van der Waals surface area contributed by atoms with Crippen LogP contribution in [0.1, 0.15) is 53.0 Å². The highest BCUT2D eigenvalue weighted by Gasteiger charge is 2.11. The van der Waals surface area contributed by atoms with E-state index in [4.69, 9.17) is 21.3 Å². The summed E-state index contributed by atoms with van der Waals surface area (Å²) in [4.78, 5) is 17.2. The van der Waals surface area contributed by atoms with Crippen LogP contribution in [0.25, 0.3) is 11.0 Å². The molecule has 5 nitrogen and oxygen atoms in total. The molecule has 36 heavy (non-hydrogen) atoms. The van der Waals surface area contributed by atoms with Gasteiger partial charge in [-0.3, -0.25) is 4.79 Å². The number of fused-ring (bicyclic) bond motifs is 1. The van der Waals surface area contributed by atoms with Crippen molar-refractivity contribution in [2.75, 3.05) is 13.2 Å². The van der Waals surface area contributed by atoms with Gasteiger partial charge in [-0.25, -0.2) is 4.98 Å². The Morgan fingerprint density at radius 3 is 2.56 bits per heavy atom. The van der Waals surface area contributed by atoms with Crippen molar-refractivity contribution < 1.29 is 9.53 Å². The van der Waals surface area contributed by atoms with Crippen LogP contribution in [0.2, 0.25) is 5.02 Å². The number of benzene rings is 3. The third-order valence-corrected chi connectivity index (χ3v) is 6.41. The van der Waals surface area contributed by atoms with E-state index in [1.165, 1.54) is 16.6 Å². The zero-order valence-electron chi connectivity index (χ0n) is 21.1. The Morgan fingerprint density at radius 1 is 0.944 bits per heavy atom. The fourth-order valence-corrected chi connectivity index (χ4v) is 4.70. The number of aromatic nitrogens is 2. The maximum atomic E-state index is 12.3. The molecule has 0 spiro atoms. The van der Waals surface area contributed by atoms with Crippen LogP contribution < -0.4 is 10.1 Å². The minimum atomic E-state index is -0.0812. The molecule has 188 valence electrons. The molecule has 4 rings (SSSR count). The average molecular weight is 504 g/mol. The maximum absolute atomic E-state index is 12.3. The number of unbranched alkanes of at least 4 members (excludes halogenated alkanes) is 2. The summed E-state index contributed by atoms with van der Waals surface area (Å²) in [6.07, 6.45) is 4.80. The first-order valence-electron chi connectivity index (χ1n) is 12.7. The number of nitrogens with zero attached hydrogens (tertiary/aromatic N) is 2. The molecule has 0 bridgehead atoms. The SMILES string of the molecule is Cc1cc(C)cc(OCCCn2c(CCCCCNC(=O)c3cccc(Cl)c3)nc3ccccc32)c1. The molecule has 0 radical (unpaired) electrons. The number of carbonyl (C=O) groups excluding carboxylic acids is 1. The lowest BCUT2D eigenvalue weighted by molar-refractivity contribution is 0.0953. The van der Waals surface area contributed by atoms with Gasteiger partial charge >= 0.3 is 0 Å². The van der Waals surface area contributed by atoms with Gasteiger partial charge in [0.2, 0.25) is 0 Å². The number of nitrogens with one attached hydrogen (secondary N) is 1. The van der Waals surface area contributed by atoms with E-state index in [1.807, 2.05) is 6.07 Å². The lowest BCUT2D eigenvalue weighted by atomic mass is 10.1. The minimum Gasteiger partial charge on any atom is -0.494 e. The number of carbonyl (C=O) groups is 1. The third kappa shape index (κ3) is 7.11. The van der Waals surface area contributed by atoms with E-state index in [-0.39, 0.29) is 5.91 Å². The normalized spacial score (nSPS) is 11.1. The largest absolute Gasteiger partial charge is 0.494 e. The molecular formula is C30H34ClN3O2. The first-order valence-corrected chi connectivity index (χ1v) is 13.1. The van der Waals surface area contributed by atoms with Gasteiger partial charge in [-0.15, -0.1) is 0 Å². The predicted octanol–water partition coefficient (Wildman–Crippen LogP) is 6.92. The van der Waals surface area contributed by atoms with Crippen molar-refractivity contribution in [2.45, 2.75) is 52.5 Å². The van der Waals surface area contributed by atoms with Gasteiger partial charge in [-0.05, 0) is 86.7 Å². The standard InChI is InChI=1S/C30H34ClN3O2/c1-22-18-23(2)20-26(19-22)36-17-9-16-34-28-13-6-5-12-27(28)33-29(34)14-4-3-7-15-32-30(35)24-10-8-11-25(31)21-24/h5-6,8,10-13,18-21H,3-4,7,9,14-17H2,1-2H3,(H,32,35). The molecule has 3 aromatic carbocycles. The molecule has 0 aliphatic rings. The third-order valence-electron chi connectivity index (χ3n) is 6.17.